The van der Waals surface area contributed by atoms with E-state index in [0.29, 0.717) is 38.2 Å². The molecule has 8 heteroatoms. The average molecular weight is 346 g/mol. The Kier molecular flexibility index (Phi) is 3.82. The maximum atomic E-state index is 12.9. The Morgan fingerprint density at radius 1 is 1.24 bits per heavy atom. The van der Waals surface area contributed by atoms with Gasteiger partial charge in [-0.05, 0) is 30.7 Å². The number of aryl methyl sites for hydroxylation is 2. The van der Waals surface area contributed by atoms with E-state index in [1.807, 2.05) is 0 Å². The molecule has 1 aromatic carbocycles. The predicted octanol–water partition coefficient (Wildman–Crippen LogP) is 0.573. The summed E-state index contributed by atoms with van der Waals surface area (Å²) in [6.07, 6.45) is 1.26. The summed E-state index contributed by atoms with van der Waals surface area (Å²) in [4.78, 5) is 26.4. The zero-order valence-corrected chi connectivity index (χ0v) is 13.9. The Labute approximate surface area is 143 Å². The molecule has 1 fully saturated rings. The van der Waals surface area contributed by atoms with Gasteiger partial charge in [-0.25, -0.2) is 13.9 Å². The number of nitrogens with zero attached hydrogens (tertiary/aromatic N) is 4. The lowest BCUT2D eigenvalue weighted by Crippen LogP contribution is -2.58. The number of hydrogen-bond acceptors (Lipinski definition) is 4. The largest absolute Gasteiger partial charge is 0.487 e. The Morgan fingerprint density at radius 2 is 1.96 bits per heavy atom. The van der Waals surface area contributed by atoms with E-state index in [4.69, 9.17) is 4.74 Å². The summed E-state index contributed by atoms with van der Waals surface area (Å²) in [5.41, 5.74) is -0.173. The molecular formula is C17H19FN4O3. The smallest absolute Gasteiger partial charge is 0.345 e. The van der Waals surface area contributed by atoms with Gasteiger partial charge in [0.15, 0.2) is 0 Å². The number of aromatic nitrogens is 3. The summed E-state index contributed by atoms with van der Waals surface area (Å²) in [6, 6.07) is 5.86. The van der Waals surface area contributed by atoms with Crippen LogP contribution in [0, 0.1) is 11.7 Å². The molecule has 3 heterocycles. The molecule has 7 nitrogen and oxygen atoms in total. The third kappa shape index (κ3) is 2.92. The number of likely N-dealkylation sites (tertiary alicyclic amines) is 1. The maximum Gasteiger partial charge on any atom is 0.345 e. The average Bonchev–Trinajstić information content (AvgIpc) is 2.86. The van der Waals surface area contributed by atoms with Crippen LogP contribution in [0.2, 0.25) is 0 Å². The van der Waals surface area contributed by atoms with Crippen LogP contribution in [0.4, 0.5) is 4.39 Å². The highest BCUT2D eigenvalue weighted by atomic mass is 19.1. The van der Waals surface area contributed by atoms with Crippen LogP contribution in [0.15, 0.2) is 29.1 Å². The fraction of sp³-hybridized carbons (Fsp3) is 0.471. The lowest BCUT2D eigenvalue weighted by Gasteiger charge is -2.41. The summed E-state index contributed by atoms with van der Waals surface area (Å²) in [6.45, 7) is 1.42. The van der Waals surface area contributed by atoms with Crippen molar-refractivity contribution >= 4 is 5.91 Å². The van der Waals surface area contributed by atoms with Crippen molar-refractivity contribution in [3.63, 3.8) is 0 Å². The van der Waals surface area contributed by atoms with E-state index in [-0.39, 0.29) is 29.4 Å². The summed E-state index contributed by atoms with van der Waals surface area (Å²) >= 11 is 0. The van der Waals surface area contributed by atoms with E-state index in [2.05, 4.69) is 5.10 Å². The molecule has 132 valence electrons. The first kappa shape index (κ1) is 15.9. The number of fused-ring (bicyclic) bond motifs is 1. The molecular weight excluding hydrogens is 327 g/mol. The highest BCUT2D eigenvalue weighted by molar-refractivity contribution is 5.79. The number of amides is 1. The van der Waals surface area contributed by atoms with Gasteiger partial charge in [-0.3, -0.25) is 9.36 Å². The van der Waals surface area contributed by atoms with Gasteiger partial charge in [0.1, 0.15) is 23.5 Å². The molecule has 2 aromatic rings. The van der Waals surface area contributed by atoms with Gasteiger partial charge in [0.25, 0.3) is 0 Å². The predicted molar refractivity (Wildman–Crippen MR) is 86.7 cm³/mol. The number of halogens is 1. The minimum atomic E-state index is -0.305. The molecule has 0 spiro atoms. The molecule has 2 aliphatic rings. The third-order valence-corrected chi connectivity index (χ3v) is 4.83. The van der Waals surface area contributed by atoms with Crippen LogP contribution < -0.4 is 10.4 Å². The minimum absolute atomic E-state index is 0.0559. The SMILES string of the molecule is Cn1nc2n(c1=O)C[C@@H](C(=O)N1CC(Oc3ccc(F)cc3)C1)CC2. The van der Waals surface area contributed by atoms with E-state index < -0.39 is 0 Å². The van der Waals surface area contributed by atoms with Crippen molar-refractivity contribution in [1.82, 2.24) is 19.2 Å². The lowest BCUT2D eigenvalue weighted by atomic mass is 9.96. The normalized spacial score (nSPS) is 20.1. The Bertz CT molecular complexity index is 852. The van der Waals surface area contributed by atoms with E-state index in [0.717, 1.165) is 5.82 Å². The summed E-state index contributed by atoms with van der Waals surface area (Å²) < 4.78 is 21.5. The molecule has 25 heavy (non-hydrogen) atoms. The Morgan fingerprint density at radius 3 is 2.68 bits per heavy atom. The number of carbonyl (C=O) groups excluding carboxylic acids is 1. The van der Waals surface area contributed by atoms with Gasteiger partial charge in [0.2, 0.25) is 5.91 Å². The van der Waals surface area contributed by atoms with Crippen molar-refractivity contribution in [3.05, 3.63) is 46.4 Å². The topological polar surface area (TPSA) is 69.4 Å². The van der Waals surface area contributed by atoms with Crippen molar-refractivity contribution < 1.29 is 13.9 Å². The molecule has 0 N–H and O–H groups in total. The van der Waals surface area contributed by atoms with Crippen molar-refractivity contribution in [1.29, 1.82) is 0 Å². The van der Waals surface area contributed by atoms with E-state index in [1.165, 1.54) is 16.8 Å². The number of hydrogen-bond donors (Lipinski definition) is 0. The van der Waals surface area contributed by atoms with Crippen LogP contribution in [0.1, 0.15) is 12.2 Å². The second-order valence-corrected chi connectivity index (χ2v) is 6.61. The van der Waals surface area contributed by atoms with Gasteiger partial charge in [-0.15, -0.1) is 0 Å². The monoisotopic (exact) mass is 346 g/mol. The van der Waals surface area contributed by atoms with E-state index >= 15 is 0 Å². The maximum absolute atomic E-state index is 12.9. The standard InChI is InChI=1S/C17H19FN4O3/c1-20-17(24)22-8-11(2-7-15(22)19-20)16(23)21-9-14(10-21)25-13-5-3-12(18)4-6-13/h3-6,11,14H,2,7-10H2,1H3/t11-/m0/s1. The number of carbonyl (C=O) groups is 1. The molecule has 0 radical (unpaired) electrons. The van der Waals surface area contributed by atoms with Crippen LogP contribution in [0.5, 0.6) is 5.75 Å². The molecule has 1 aromatic heterocycles. The van der Waals surface area contributed by atoms with Crippen molar-refractivity contribution in [3.8, 4) is 5.75 Å². The summed E-state index contributed by atoms with van der Waals surface area (Å²) in [7, 11) is 1.62. The highest BCUT2D eigenvalue weighted by Crippen LogP contribution is 2.24. The van der Waals surface area contributed by atoms with Gasteiger partial charge < -0.3 is 9.64 Å². The first-order valence-corrected chi connectivity index (χ1v) is 8.35. The van der Waals surface area contributed by atoms with Crippen LogP contribution in [-0.4, -0.2) is 44.3 Å². The number of ether oxygens (including phenoxy) is 1. The highest BCUT2D eigenvalue weighted by Gasteiger charge is 2.37. The van der Waals surface area contributed by atoms with Gasteiger partial charge in [-0.2, -0.15) is 5.10 Å². The molecule has 1 saturated heterocycles. The zero-order valence-electron chi connectivity index (χ0n) is 13.9. The second-order valence-electron chi connectivity index (χ2n) is 6.61. The third-order valence-electron chi connectivity index (χ3n) is 4.83. The minimum Gasteiger partial charge on any atom is -0.487 e. The van der Waals surface area contributed by atoms with Crippen molar-refractivity contribution in [2.45, 2.75) is 25.5 Å². The molecule has 4 rings (SSSR count). The van der Waals surface area contributed by atoms with E-state index in [1.54, 1.807) is 28.6 Å². The Hall–Kier alpha value is -2.64. The van der Waals surface area contributed by atoms with Crippen LogP contribution in [0.25, 0.3) is 0 Å². The van der Waals surface area contributed by atoms with Gasteiger partial charge in [0, 0.05) is 20.0 Å². The fourth-order valence-corrected chi connectivity index (χ4v) is 3.40. The Balaban J connectivity index is 1.34. The number of rotatable bonds is 3. The summed E-state index contributed by atoms with van der Waals surface area (Å²) in [5, 5.41) is 4.18. The lowest BCUT2D eigenvalue weighted by molar-refractivity contribution is -0.145. The molecule has 0 aliphatic carbocycles. The molecule has 0 saturated carbocycles. The second kappa shape index (κ2) is 6.02. The molecule has 1 amide bonds. The molecule has 0 unspecified atom stereocenters. The quantitative estimate of drug-likeness (QED) is 0.815. The van der Waals surface area contributed by atoms with Crippen LogP contribution in [0.3, 0.4) is 0 Å². The zero-order chi connectivity index (χ0) is 17.6. The molecule has 0 bridgehead atoms. The molecule has 1 atom stereocenters. The number of benzene rings is 1. The van der Waals surface area contributed by atoms with Gasteiger partial charge >= 0.3 is 5.69 Å². The first-order chi connectivity index (χ1) is 12.0. The van der Waals surface area contributed by atoms with Gasteiger partial charge in [0.05, 0.1) is 19.0 Å². The van der Waals surface area contributed by atoms with Crippen LogP contribution in [-0.2, 0) is 24.8 Å². The van der Waals surface area contributed by atoms with E-state index in [9.17, 15) is 14.0 Å². The van der Waals surface area contributed by atoms with Crippen LogP contribution >= 0.6 is 0 Å². The van der Waals surface area contributed by atoms with Crippen molar-refractivity contribution in [2.75, 3.05) is 13.1 Å². The fourth-order valence-electron chi connectivity index (χ4n) is 3.40. The first-order valence-electron chi connectivity index (χ1n) is 8.35. The van der Waals surface area contributed by atoms with Gasteiger partial charge in [-0.1, -0.05) is 0 Å². The summed E-state index contributed by atoms with van der Waals surface area (Å²) in [5.74, 6) is 0.905. The van der Waals surface area contributed by atoms with Crippen molar-refractivity contribution in [2.24, 2.45) is 13.0 Å². The molecule has 2 aliphatic heterocycles.